The van der Waals surface area contributed by atoms with Gasteiger partial charge in [-0.25, -0.2) is 0 Å². The van der Waals surface area contributed by atoms with Crippen LogP contribution in [0.3, 0.4) is 0 Å². The van der Waals surface area contributed by atoms with Crippen molar-refractivity contribution in [2.75, 3.05) is 0 Å². The van der Waals surface area contributed by atoms with Gasteiger partial charge in [-0.3, -0.25) is 14.5 Å². The van der Waals surface area contributed by atoms with E-state index in [4.69, 9.17) is 12.2 Å². The number of imide groups is 1. The lowest BCUT2D eigenvalue weighted by atomic mass is 9.94. The standard InChI is InChI=1S/C14H14N2O3S/c17-12-7-8-3-1-2-4-9(8)14(19)16(12)10-5-6-11(20)15-13(10)18/h1-4,10,13,18H,5-7H2,(H,15,20). The van der Waals surface area contributed by atoms with Crippen molar-refractivity contribution in [2.45, 2.75) is 31.5 Å². The van der Waals surface area contributed by atoms with Gasteiger partial charge in [0.15, 0.2) is 0 Å². The fourth-order valence-corrected chi connectivity index (χ4v) is 2.99. The van der Waals surface area contributed by atoms with Gasteiger partial charge in [0.25, 0.3) is 5.91 Å². The molecule has 2 atom stereocenters. The van der Waals surface area contributed by atoms with Crippen LogP contribution in [-0.2, 0) is 11.2 Å². The number of thiocarbonyl (C=S) groups is 1. The molecule has 0 aromatic heterocycles. The van der Waals surface area contributed by atoms with E-state index in [2.05, 4.69) is 5.32 Å². The molecule has 2 aliphatic rings. The second-order valence-corrected chi connectivity index (χ2v) is 5.51. The SMILES string of the molecule is O=C1Cc2ccccc2C(=O)N1C1CCC(=S)NC1O. The Morgan fingerprint density at radius 1 is 1.30 bits per heavy atom. The summed E-state index contributed by atoms with van der Waals surface area (Å²) in [5.41, 5.74) is 1.28. The number of fused-ring (bicyclic) bond motifs is 1. The van der Waals surface area contributed by atoms with Gasteiger partial charge in [-0.05, 0) is 24.5 Å². The number of hydrogen-bond donors (Lipinski definition) is 2. The maximum atomic E-state index is 12.5. The van der Waals surface area contributed by atoms with E-state index in [1.54, 1.807) is 18.2 Å². The second kappa shape index (κ2) is 4.96. The number of benzene rings is 1. The average molecular weight is 290 g/mol. The highest BCUT2D eigenvalue weighted by atomic mass is 32.1. The van der Waals surface area contributed by atoms with Crippen LogP contribution in [0.15, 0.2) is 24.3 Å². The molecule has 0 saturated carbocycles. The van der Waals surface area contributed by atoms with Gasteiger partial charge >= 0.3 is 0 Å². The van der Waals surface area contributed by atoms with E-state index in [0.717, 1.165) is 5.56 Å². The summed E-state index contributed by atoms with van der Waals surface area (Å²) in [6.45, 7) is 0. The van der Waals surface area contributed by atoms with E-state index in [1.807, 2.05) is 6.07 Å². The number of hydrogen-bond acceptors (Lipinski definition) is 4. The van der Waals surface area contributed by atoms with Crippen molar-refractivity contribution in [3.8, 4) is 0 Å². The molecule has 6 heteroatoms. The normalized spacial score (nSPS) is 26.2. The Morgan fingerprint density at radius 2 is 2.05 bits per heavy atom. The molecule has 1 fully saturated rings. The van der Waals surface area contributed by atoms with Crippen molar-refractivity contribution in [2.24, 2.45) is 0 Å². The first-order valence-corrected chi connectivity index (χ1v) is 6.90. The molecule has 0 spiro atoms. The lowest BCUT2D eigenvalue weighted by Gasteiger charge is -2.39. The van der Waals surface area contributed by atoms with Crippen molar-refractivity contribution in [3.05, 3.63) is 35.4 Å². The summed E-state index contributed by atoms with van der Waals surface area (Å²) < 4.78 is 0. The molecule has 0 bridgehead atoms. The van der Waals surface area contributed by atoms with Crippen LogP contribution >= 0.6 is 12.2 Å². The summed E-state index contributed by atoms with van der Waals surface area (Å²) in [6, 6.07) is 6.52. The Hall–Kier alpha value is -1.79. The summed E-state index contributed by atoms with van der Waals surface area (Å²) in [5, 5.41) is 12.8. The Morgan fingerprint density at radius 3 is 2.80 bits per heavy atom. The third kappa shape index (κ3) is 2.10. The Bertz CT molecular complexity index is 602. The summed E-state index contributed by atoms with van der Waals surface area (Å²) in [5.74, 6) is -0.608. The second-order valence-electron chi connectivity index (χ2n) is 5.02. The number of piperidine rings is 1. The molecule has 0 radical (unpaired) electrons. The predicted molar refractivity (Wildman–Crippen MR) is 76.1 cm³/mol. The van der Waals surface area contributed by atoms with Gasteiger partial charge < -0.3 is 10.4 Å². The number of aliphatic hydroxyl groups excluding tert-OH is 1. The van der Waals surface area contributed by atoms with Gasteiger partial charge in [0.05, 0.1) is 17.5 Å². The summed E-state index contributed by atoms with van der Waals surface area (Å²) in [6.07, 6.45) is 0.257. The van der Waals surface area contributed by atoms with E-state index in [0.29, 0.717) is 23.4 Å². The molecule has 1 aromatic rings. The molecule has 20 heavy (non-hydrogen) atoms. The number of amides is 2. The van der Waals surface area contributed by atoms with E-state index in [1.165, 1.54) is 4.90 Å². The molecule has 2 amide bonds. The topological polar surface area (TPSA) is 69.6 Å². The van der Waals surface area contributed by atoms with Gasteiger partial charge in [-0.2, -0.15) is 0 Å². The van der Waals surface area contributed by atoms with Crippen molar-refractivity contribution < 1.29 is 14.7 Å². The fourth-order valence-electron chi connectivity index (χ4n) is 2.75. The number of nitrogens with zero attached hydrogens (tertiary/aromatic N) is 1. The Kier molecular flexibility index (Phi) is 3.27. The number of carbonyl (C=O) groups is 2. The van der Waals surface area contributed by atoms with E-state index < -0.39 is 12.3 Å². The van der Waals surface area contributed by atoms with Crippen LogP contribution in [0.2, 0.25) is 0 Å². The van der Waals surface area contributed by atoms with Gasteiger partial charge in [-0.15, -0.1) is 0 Å². The van der Waals surface area contributed by atoms with Crippen LogP contribution in [0.4, 0.5) is 0 Å². The zero-order chi connectivity index (χ0) is 14.3. The molecular weight excluding hydrogens is 276 g/mol. The van der Waals surface area contributed by atoms with E-state index in [9.17, 15) is 14.7 Å². The van der Waals surface area contributed by atoms with Crippen LogP contribution in [0, 0.1) is 0 Å². The third-order valence-electron chi connectivity index (χ3n) is 3.75. The summed E-state index contributed by atoms with van der Waals surface area (Å²) in [4.78, 5) is 26.5. The number of carbonyl (C=O) groups excluding carboxylic acids is 2. The highest BCUT2D eigenvalue weighted by Crippen LogP contribution is 2.25. The minimum atomic E-state index is -0.991. The smallest absolute Gasteiger partial charge is 0.261 e. The third-order valence-corrected chi connectivity index (χ3v) is 4.07. The first-order valence-electron chi connectivity index (χ1n) is 6.49. The summed E-state index contributed by atoms with van der Waals surface area (Å²) >= 11 is 5.00. The summed E-state index contributed by atoms with van der Waals surface area (Å²) in [7, 11) is 0. The lowest BCUT2D eigenvalue weighted by molar-refractivity contribution is -0.133. The van der Waals surface area contributed by atoms with E-state index in [-0.39, 0.29) is 18.2 Å². The molecular formula is C14H14N2O3S. The molecule has 1 aromatic carbocycles. The Balaban J connectivity index is 1.93. The molecule has 3 rings (SSSR count). The maximum Gasteiger partial charge on any atom is 0.261 e. The first kappa shape index (κ1) is 13.2. The van der Waals surface area contributed by atoms with Crippen LogP contribution in [0.25, 0.3) is 0 Å². The molecule has 5 nitrogen and oxygen atoms in total. The van der Waals surface area contributed by atoms with Crippen LogP contribution in [0.5, 0.6) is 0 Å². The Labute approximate surface area is 121 Å². The largest absolute Gasteiger partial charge is 0.372 e. The minimum absolute atomic E-state index is 0.190. The molecule has 2 unspecified atom stereocenters. The van der Waals surface area contributed by atoms with Gasteiger partial charge in [0.2, 0.25) is 5.91 Å². The van der Waals surface area contributed by atoms with Gasteiger partial charge in [-0.1, -0.05) is 30.4 Å². The molecule has 104 valence electrons. The fraction of sp³-hybridized carbons (Fsp3) is 0.357. The van der Waals surface area contributed by atoms with Crippen LogP contribution in [0.1, 0.15) is 28.8 Å². The predicted octanol–water partition coefficient (Wildman–Crippen LogP) is 0.609. The molecule has 0 aliphatic carbocycles. The molecule has 2 heterocycles. The van der Waals surface area contributed by atoms with Crippen LogP contribution in [-0.4, -0.2) is 39.1 Å². The number of nitrogens with one attached hydrogen (secondary N) is 1. The minimum Gasteiger partial charge on any atom is -0.372 e. The highest BCUT2D eigenvalue weighted by Gasteiger charge is 2.40. The quantitative estimate of drug-likeness (QED) is 0.586. The van der Waals surface area contributed by atoms with Gasteiger partial charge in [0.1, 0.15) is 6.23 Å². The number of rotatable bonds is 1. The van der Waals surface area contributed by atoms with E-state index >= 15 is 0 Å². The average Bonchev–Trinajstić information content (AvgIpc) is 2.41. The number of aliphatic hydroxyl groups is 1. The zero-order valence-electron chi connectivity index (χ0n) is 10.7. The zero-order valence-corrected chi connectivity index (χ0v) is 11.5. The lowest BCUT2D eigenvalue weighted by Crippen LogP contribution is -2.59. The van der Waals surface area contributed by atoms with Crippen molar-refractivity contribution in [1.29, 1.82) is 0 Å². The molecule has 1 saturated heterocycles. The molecule has 2 aliphatic heterocycles. The van der Waals surface area contributed by atoms with Gasteiger partial charge in [0, 0.05) is 5.56 Å². The highest BCUT2D eigenvalue weighted by molar-refractivity contribution is 7.80. The van der Waals surface area contributed by atoms with Crippen molar-refractivity contribution in [3.63, 3.8) is 0 Å². The monoisotopic (exact) mass is 290 g/mol. The van der Waals surface area contributed by atoms with Crippen molar-refractivity contribution >= 4 is 29.0 Å². The van der Waals surface area contributed by atoms with Crippen molar-refractivity contribution in [1.82, 2.24) is 10.2 Å². The van der Waals surface area contributed by atoms with Crippen LogP contribution < -0.4 is 5.32 Å². The first-order chi connectivity index (χ1) is 9.58. The maximum absolute atomic E-state index is 12.5. The molecule has 2 N–H and O–H groups in total.